The molecule has 0 bridgehead atoms. The van der Waals surface area contributed by atoms with Crippen LogP contribution in [-0.2, 0) is 11.3 Å². The van der Waals surface area contributed by atoms with E-state index in [-0.39, 0.29) is 5.91 Å². The van der Waals surface area contributed by atoms with Crippen molar-refractivity contribution in [2.45, 2.75) is 20.4 Å². The summed E-state index contributed by atoms with van der Waals surface area (Å²) in [4.78, 5) is 11.1. The Morgan fingerprint density at radius 3 is 2.92 bits per heavy atom. The summed E-state index contributed by atoms with van der Waals surface area (Å²) in [6, 6.07) is 3.62. The number of nitrogens with one attached hydrogen (secondary N) is 1. The molecule has 0 aliphatic rings. The molecule has 3 heteroatoms. The van der Waals surface area contributed by atoms with Crippen molar-refractivity contribution in [1.29, 1.82) is 0 Å². The summed E-state index contributed by atoms with van der Waals surface area (Å²) in [5.41, 5.74) is 0.983. The van der Waals surface area contributed by atoms with E-state index in [1.165, 1.54) is 0 Å². The first-order valence-electron chi connectivity index (χ1n) is 4.13. The zero-order valence-corrected chi connectivity index (χ0v) is 7.83. The van der Waals surface area contributed by atoms with Crippen molar-refractivity contribution in [2.24, 2.45) is 0 Å². The zero-order valence-electron chi connectivity index (χ0n) is 7.83. The summed E-state index contributed by atoms with van der Waals surface area (Å²) in [6.07, 6.45) is 3.14. The molecule has 0 saturated heterocycles. The Labute approximate surface area is 77.4 Å². The summed E-state index contributed by atoms with van der Waals surface area (Å²) < 4.78 is 5.05. The van der Waals surface area contributed by atoms with Gasteiger partial charge in [-0.25, -0.2) is 0 Å². The Balaban J connectivity index is 2.35. The van der Waals surface area contributed by atoms with Gasteiger partial charge in [0.1, 0.15) is 5.76 Å². The number of carbonyl (C=O) groups excluding carboxylic acids is 1. The van der Waals surface area contributed by atoms with Gasteiger partial charge in [0.2, 0.25) is 5.91 Å². The molecule has 1 heterocycles. The Kier molecular flexibility index (Phi) is 3.31. The predicted octanol–water partition coefficient (Wildman–Crippen LogP) is 1.86. The number of rotatable bonds is 3. The number of hydrogen-bond donors (Lipinski definition) is 1. The Morgan fingerprint density at radius 1 is 1.62 bits per heavy atom. The zero-order chi connectivity index (χ0) is 9.68. The minimum Gasteiger partial charge on any atom is -0.467 e. The van der Waals surface area contributed by atoms with Gasteiger partial charge in [0.15, 0.2) is 0 Å². The molecule has 0 spiro atoms. The number of allylic oxidation sites excluding steroid dienone is 1. The molecule has 0 atom stereocenters. The SMILES string of the molecule is CC(C)=CC(=O)NCc1ccco1. The van der Waals surface area contributed by atoms with Crippen molar-refractivity contribution in [3.63, 3.8) is 0 Å². The molecular formula is C10H13NO2. The highest BCUT2D eigenvalue weighted by atomic mass is 16.3. The average Bonchev–Trinajstić information content (AvgIpc) is 2.51. The first-order chi connectivity index (χ1) is 6.18. The molecule has 0 aliphatic heterocycles. The third-order valence-corrected chi connectivity index (χ3v) is 1.44. The van der Waals surface area contributed by atoms with Crippen LogP contribution < -0.4 is 5.32 Å². The van der Waals surface area contributed by atoms with Crippen LogP contribution in [0, 0.1) is 0 Å². The Hall–Kier alpha value is -1.51. The second-order valence-corrected chi connectivity index (χ2v) is 3.02. The van der Waals surface area contributed by atoms with Gasteiger partial charge in [0.05, 0.1) is 12.8 Å². The topological polar surface area (TPSA) is 42.2 Å². The molecule has 1 rings (SSSR count). The van der Waals surface area contributed by atoms with Gasteiger partial charge < -0.3 is 9.73 Å². The second-order valence-electron chi connectivity index (χ2n) is 3.02. The largest absolute Gasteiger partial charge is 0.467 e. The molecule has 1 amide bonds. The molecule has 0 aliphatic carbocycles. The molecule has 1 N–H and O–H groups in total. The molecule has 1 aromatic rings. The van der Waals surface area contributed by atoms with Gasteiger partial charge in [-0.3, -0.25) is 4.79 Å². The van der Waals surface area contributed by atoms with Crippen LogP contribution in [0.3, 0.4) is 0 Å². The van der Waals surface area contributed by atoms with Crippen molar-refractivity contribution in [3.05, 3.63) is 35.8 Å². The molecule has 0 fully saturated rings. The molecule has 0 radical (unpaired) electrons. The lowest BCUT2D eigenvalue weighted by Crippen LogP contribution is -2.20. The van der Waals surface area contributed by atoms with E-state index >= 15 is 0 Å². The van der Waals surface area contributed by atoms with Crippen LogP contribution in [0.25, 0.3) is 0 Å². The molecule has 3 nitrogen and oxygen atoms in total. The van der Waals surface area contributed by atoms with E-state index in [2.05, 4.69) is 5.32 Å². The van der Waals surface area contributed by atoms with E-state index in [0.717, 1.165) is 11.3 Å². The third kappa shape index (κ3) is 3.60. The number of furan rings is 1. The molecule has 0 aromatic carbocycles. The van der Waals surface area contributed by atoms with Gasteiger partial charge in [-0.05, 0) is 26.0 Å². The lowest BCUT2D eigenvalue weighted by molar-refractivity contribution is -0.116. The smallest absolute Gasteiger partial charge is 0.244 e. The first kappa shape index (κ1) is 9.58. The fourth-order valence-electron chi connectivity index (χ4n) is 0.901. The van der Waals surface area contributed by atoms with Crippen molar-refractivity contribution in [1.82, 2.24) is 5.32 Å². The molecule has 0 unspecified atom stereocenters. The number of hydrogen-bond acceptors (Lipinski definition) is 2. The van der Waals surface area contributed by atoms with Crippen molar-refractivity contribution in [2.75, 3.05) is 0 Å². The number of carbonyl (C=O) groups is 1. The van der Waals surface area contributed by atoms with E-state index in [9.17, 15) is 4.79 Å². The second kappa shape index (κ2) is 4.50. The van der Waals surface area contributed by atoms with Crippen molar-refractivity contribution >= 4 is 5.91 Å². The van der Waals surface area contributed by atoms with E-state index in [0.29, 0.717) is 6.54 Å². The Bertz CT molecular complexity index is 295. The molecule has 13 heavy (non-hydrogen) atoms. The maximum absolute atomic E-state index is 11.1. The first-order valence-corrected chi connectivity index (χ1v) is 4.13. The third-order valence-electron chi connectivity index (χ3n) is 1.44. The quantitative estimate of drug-likeness (QED) is 0.719. The molecule has 1 aromatic heterocycles. The van der Waals surface area contributed by atoms with Crippen LogP contribution in [-0.4, -0.2) is 5.91 Å². The van der Waals surface area contributed by atoms with Gasteiger partial charge in [-0.15, -0.1) is 0 Å². The van der Waals surface area contributed by atoms with Gasteiger partial charge in [-0.1, -0.05) is 5.57 Å². The normalized spacial score (nSPS) is 9.38. The maximum atomic E-state index is 11.1. The highest BCUT2D eigenvalue weighted by Crippen LogP contribution is 1.98. The summed E-state index contributed by atoms with van der Waals surface area (Å²) in [5.74, 6) is 0.673. The summed E-state index contributed by atoms with van der Waals surface area (Å²) in [5, 5.41) is 2.71. The van der Waals surface area contributed by atoms with Gasteiger partial charge in [0.25, 0.3) is 0 Å². The lowest BCUT2D eigenvalue weighted by Gasteiger charge is -1.98. The molecular weight excluding hydrogens is 166 g/mol. The van der Waals surface area contributed by atoms with Crippen LogP contribution in [0.1, 0.15) is 19.6 Å². The standard InChI is InChI=1S/C10H13NO2/c1-8(2)6-10(12)11-7-9-4-3-5-13-9/h3-6H,7H2,1-2H3,(H,11,12). The van der Waals surface area contributed by atoms with Crippen LogP contribution >= 0.6 is 0 Å². The highest BCUT2D eigenvalue weighted by molar-refractivity contribution is 5.87. The predicted molar refractivity (Wildman–Crippen MR) is 50.0 cm³/mol. The van der Waals surface area contributed by atoms with Crippen LogP contribution in [0.15, 0.2) is 34.5 Å². The summed E-state index contributed by atoms with van der Waals surface area (Å²) in [6.45, 7) is 4.20. The molecule has 0 saturated carbocycles. The minimum absolute atomic E-state index is 0.0867. The average molecular weight is 179 g/mol. The number of amides is 1. The van der Waals surface area contributed by atoms with Gasteiger partial charge >= 0.3 is 0 Å². The molecule has 70 valence electrons. The van der Waals surface area contributed by atoms with Crippen molar-refractivity contribution in [3.8, 4) is 0 Å². The minimum atomic E-state index is -0.0867. The summed E-state index contributed by atoms with van der Waals surface area (Å²) >= 11 is 0. The van der Waals surface area contributed by atoms with Gasteiger partial charge in [0, 0.05) is 6.08 Å². The Morgan fingerprint density at radius 2 is 2.38 bits per heavy atom. The summed E-state index contributed by atoms with van der Waals surface area (Å²) in [7, 11) is 0. The maximum Gasteiger partial charge on any atom is 0.244 e. The van der Waals surface area contributed by atoms with Crippen molar-refractivity contribution < 1.29 is 9.21 Å². The monoisotopic (exact) mass is 179 g/mol. The van der Waals surface area contributed by atoms with E-state index in [4.69, 9.17) is 4.42 Å². The van der Waals surface area contributed by atoms with E-state index in [1.807, 2.05) is 19.9 Å². The fourth-order valence-corrected chi connectivity index (χ4v) is 0.901. The van der Waals surface area contributed by atoms with Crippen LogP contribution in [0.2, 0.25) is 0 Å². The van der Waals surface area contributed by atoms with E-state index < -0.39 is 0 Å². The highest BCUT2D eigenvalue weighted by Gasteiger charge is 1.98. The fraction of sp³-hybridized carbons (Fsp3) is 0.300. The lowest BCUT2D eigenvalue weighted by atomic mass is 10.3. The van der Waals surface area contributed by atoms with Gasteiger partial charge in [-0.2, -0.15) is 0 Å². The van der Waals surface area contributed by atoms with Crippen LogP contribution in [0.4, 0.5) is 0 Å². The van der Waals surface area contributed by atoms with Crippen LogP contribution in [0.5, 0.6) is 0 Å². The van der Waals surface area contributed by atoms with E-state index in [1.54, 1.807) is 18.4 Å².